The molecule has 0 radical (unpaired) electrons. The number of aryl methyl sites for hydroxylation is 1. The zero-order valence-corrected chi connectivity index (χ0v) is 12.5. The second-order valence-electron chi connectivity index (χ2n) is 3.77. The molecule has 2 heterocycles. The van der Waals surface area contributed by atoms with Gasteiger partial charge in [-0.1, -0.05) is 0 Å². The Morgan fingerprint density at radius 2 is 2.32 bits per heavy atom. The van der Waals surface area contributed by atoms with Gasteiger partial charge >= 0.3 is 5.97 Å². The lowest BCUT2D eigenvalue weighted by atomic mass is 10.3. The number of ether oxygens (including phenoxy) is 1. The van der Waals surface area contributed by atoms with E-state index in [1.165, 1.54) is 12.3 Å². The van der Waals surface area contributed by atoms with Crippen LogP contribution in [-0.4, -0.2) is 27.7 Å². The fraction of sp³-hybridized carbons (Fsp3) is 0.250. The van der Waals surface area contributed by atoms with E-state index in [0.29, 0.717) is 17.5 Å². The van der Waals surface area contributed by atoms with Crippen LogP contribution in [0.15, 0.2) is 22.2 Å². The standard InChI is InChI=1S/C12H11BrN2O3S/c1-7-10(19-6-15-7)2-3-18-11-9(12(16)17)4-8(13)5-14-11/h4-6H,2-3H2,1H3,(H,16,17). The highest BCUT2D eigenvalue weighted by molar-refractivity contribution is 9.10. The summed E-state index contributed by atoms with van der Waals surface area (Å²) in [7, 11) is 0. The smallest absolute Gasteiger partial charge is 0.341 e. The van der Waals surface area contributed by atoms with Gasteiger partial charge in [0, 0.05) is 22.0 Å². The summed E-state index contributed by atoms with van der Waals surface area (Å²) < 4.78 is 6.05. The Morgan fingerprint density at radius 3 is 2.95 bits per heavy atom. The van der Waals surface area contributed by atoms with Crippen molar-refractivity contribution in [3.8, 4) is 5.88 Å². The van der Waals surface area contributed by atoms with Crippen molar-refractivity contribution in [1.82, 2.24) is 9.97 Å². The van der Waals surface area contributed by atoms with Crippen molar-refractivity contribution in [2.45, 2.75) is 13.3 Å². The van der Waals surface area contributed by atoms with Gasteiger partial charge in [0.2, 0.25) is 5.88 Å². The van der Waals surface area contributed by atoms with E-state index in [4.69, 9.17) is 9.84 Å². The van der Waals surface area contributed by atoms with Gasteiger partial charge < -0.3 is 9.84 Å². The first-order chi connectivity index (χ1) is 9.08. The zero-order chi connectivity index (χ0) is 13.8. The Morgan fingerprint density at radius 1 is 1.53 bits per heavy atom. The highest BCUT2D eigenvalue weighted by atomic mass is 79.9. The number of aromatic nitrogens is 2. The maximum Gasteiger partial charge on any atom is 0.341 e. The minimum Gasteiger partial charge on any atom is -0.477 e. The van der Waals surface area contributed by atoms with Crippen LogP contribution in [0.4, 0.5) is 0 Å². The number of nitrogens with zero attached hydrogens (tertiary/aromatic N) is 2. The summed E-state index contributed by atoms with van der Waals surface area (Å²) in [6, 6.07) is 1.47. The van der Waals surface area contributed by atoms with Gasteiger partial charge in [-0.15, -0.1) is 11.3 Å². The number of thiazole rings is 1. The quantitative estimate of drug-likeness (QED) is 0.904. The molecule has 7 heteroatoms. The topological polar surface area (TPSA) is 72.3 Å². The van der Waals surface area contributed by atoms with Crippen molar-refractivity contribution in [2.24, 2.45) is 0 Å². The number of carboxylic acids is 1. The molecule has 0 spiro atoms. The van der Waals surface area contributed by atoms with Crippen LogP contribution in [0.3, 0.4) is 0 Å². The second-order valence-corrected chi connectivity index (χ2v) is 5.63. The van der Waals surface area contributed by atoms with Crippen molar-refractivity contribution in [2.75, 3.05) is 6.61 Å². The highest BCUT2D eigenvalue weighted by Gasteiger charge is 2.13. The molecular weight excluding hydrogens is 332 g/mol. The summed E-state index contributed by atoms with van der Waals surface area (Å²) in [6.45, 7) is 2.31. The number of pyridine rings is 1. The van der Waals surface area contributed by atoms with Gasteiger partial charge in [0.05, 0.1) is 17.8 Å². The molecule has 0 unspecified atom stereocenters. The van der Waals surface area contributed by atoms with E-state index in [9.17, 15) is 4.79 Å². The number of halogens is 1. The maximum absolute atomic E-state index is 11.1. The molecule has 0 saturated carbocycles. The Kier molecular flexibility index (Phi) is 4.49. The molecule has 0 aliphatic carbocycles. The van der Waals surface area contributed by atoms with E-state index < -0.39 is 5.97 Å². The molecule has 0 atom stereocenters. The average Bonchev–Trinajstić information content (AvgIpc) is 2.77. The number of carbonyl (C=O) groups is 1. The largest absolute Gasteiger partial charge is 0.477 e. The normalized spacial score (nSPS) is 10.4. The SMILES string of the molecule is Cc1ncsc1CCOc1ncc(Br)cc1C(=O)O. The fourth-order valence-electron chi connectivity index (χ4n) is 1.50. The van der Waals surface area contributed by atoms with E-state index in [1.54, 1.807) is 16.8 Å². The van der Waals surface area contributed by atoms with Crippen LogP contribution in [0.2, 0.25) is 0 Å². The lowest BCUT2D eigenvalue weighted by molar-refractivity contribution is 0.0691. The zero-order valence-electron chi connectivity index (χ0n) is 10.1. The van der Waals surface area contributed by atoms with Gasteiger partial charge in [0.15, 0.2) is 0 Å². The molecule has 2 rings (SSSR count). The molecule has 1 N–H and O–H groups in total. The van der Waals surface area contributed by atoms with Crippen molar-refractivity contribution in [1.29, 1.82) is 0 Å². The Hall–Kier alpha value is -1.47. The van der Waals surface area contributed by atoms with Crippen LogP contribution in [0.5, 0.6) is 5.88 Å². The van der Waals surface area contributed by atoms with Crippen molar-refractivity contribution >= 4 is 33.2 Å². The van der Waals surface area contributed by atoms with Crippen LogP contribution < -0.4 is 4.74 Å². The minimum absolute atomic E-state index is 0.0513. The average molecular weight is 343 g/mol. The number of aromatic carboxylic acids is 1. The predicted octanol–water partition coefficient (Wildman–Crippen LogP) is 2.93. The Balaban J connectivity index is 2.03. The molecule has 5 nitrogen and oxygen atoms in total. The van der Waals surface area contributed by atoms with Gasteiger partial charge in [0.1, 0.15) is 5.56 Å². The summed E-state index contributed by atoms with van der Waals surface area (Å²) in [5, 5.41) is 9.07. The van der Waals surface area contributed by atoms with Crippen LogP contribution in [0.1, 0.15) is 20.9 Å². The molecule has 19 heavy (non-hydrogen) atoms. The minimum atomic E-state index is -1.06. The molecule has 0 amide bonds. The van der Waals surface area contributed by atoms with Crippen molar-refractivity contribution in [3.05, 3.63) is 38.4 Å². The molecule has 0 bridgehead atoms. The highest BCUT2D eigenvalue weighted by Crippen LogP contribution is 2.20. The fourth-order valence-corrected chi connectivity index (χ4v) is 2.60. The van der Waals surface area contributed by atoms with Crippen LogP contribution in [-0.2, 0) is 6.42 Å². The molecule has 2 aromatic heterocycles. The molecular formula is C12H11BrN2O3S. The molecule has 0 saturated heterocycles. The van der Waals surface area contributed by atoms with E-state index in [-0.39, 0.29) is 11.4 Å². The molecule has 0 aromatic carbocycles. The van der Waals surface area contributed by atoms with E-state index in [0.717, 1.165) is 10.6 Å². The van der Waals surface area contributed by atoms with E-state index in [2.05, 4.69) is 25.9 Å². The molecule has 100 valence electrons. The Labute approximate surface area is 122 Å². The van der Waals surface area contributed by atoms with E-state index >= 15 is 0 Å². The second kappa shape index (κ2) is 6.12. The summed E-state index contributed by atoms with van der Waals surface area (Å²) in [5.74, 6) is -0.921. The molecule has 0 fully saturated rings. The molecule has 0 aliphatic rings. The van der Waals surface area contributed by atoms with Gasteiger partial charge in [0.25, 0.3) is 0 Å². The predicted molar refractivity (Wildman–Crippen MR) is 74.9 cm³/mol. The molecule has 2 aromatic rings. The van der Waals surface area contributed by atoms with Gasteiger partial charge in [-0.05, 0) is 28.9 Å². The van der Waals surface area contributed by atoms with Crippen LogP contribution in [0, 0.1) is 6.92 Å². The lowest BCUT2D eigenvalue weighted by Gasteiger charge is -2.07. The van der Waals surface area contributed by atoms with Gasteiger partial charge in [-0.25, -0.2) is 14.8 Å². The van der Waals surface area contributed by atoms with Gasteiger partial charge in [-0.2, -0.15) is 0 Å². The number of hydrogen-bond donors (Lipinski definition) is 1. The summed E-state index contributed by atoms with van der Waals surface area (Å²) in [4.78, 5) is 20.3. The van der Waals surface area contributed by atoms with Crippen molar-refractivity contribution in [3.63, 3.8) is 0 Å². The third kappa shape index (κ3) is 3.51. The molecule has 0 aliphatic heterocycles. The monoisotopic (exact) mass is 342 g/mol. The summed E-state index contributed by atoms with van der Waals surface area (Å²) in [5.41, 5.74) is 2.82. The number of hydrogen-bond acceptors (Lipinski definition) is 5. The number of rotatable bonds is 5. The lowest BCUT2D eigenvalue weighted by Crippen LogP contribution is -2.08. The third-order valence-electron chi connectivity index (χ3n) is 2.46. The summed E-state index contributed by atoms with van der Waals surface area (Å²) >= 11 is 4.75. The number of carboxylic acid groups (broad SMARTS) is 1. The Bertz CT molecular complexity index is 600. The van der Waals surface area contributed by atoms with Crippen LogP contribution in [0.25, 0.3) is 0 Å². The van der Waals surface area contributed by atoms with Crippen LogP contribution >= 0.6 is 27.3 Å². The summed E-state index contributed by atoms with van der Waals surface area (Å²) in [6.07, 6.45) is 2.20. The van der Waals surface area contributed by atoms with E-state index in [1.807, 2.05) is 6.92 Å². The third-order valence-corrected chi connectivity index (χ3v) is 3.89. The maximum atomic E-state index is 11.1. The van der Waals surface area contributed by atoms with Gasteiger partial charge in [-0.3, -0.25) is 0 Å². The van der Waals surface area contributed by atoms with Crippen molar-refractivity contribution < 1.29 is 14.6 Å². The first-order valence-electron chi connectivity index (χ1n) is 5.48. The first kappa shape index (κ1) is 14.0. The first-order valence-corrected chi connectivity index (χ1v) is 7.16.